The number of carbonyl (C=O) groups is 1. The lowest BCUT2D eigenvalue weighted by Crippen LogP contribution is -2.18. The Hall–Kier alpha value is -1.66. The van der Waals surface area contributed by atoms with Crippen molar-refractivity contribution < 1.29 is 13.2 Å². The van der Waals surface area contributed by atoms with E-state index in [-0.39, 0.29) is 11.2 Å². The van der Waals surface area contributed by atoms with Crippen LogP contribution in [0, 0.1) is 0 Å². The molecule has 0 atom stereocenters. The molecule has 3 rings (SSSR count). The molecule has 1 aliphatic rings. The summed E-state index contributed by atoms with van der Waals surface area (Å²) in [5, 5.41) is 2.52. The minimum absolute atomic E-state index is 0.242. The quantitative estimate of drug-likeness (QED) is 0.815. The molecule has 0 heterocycles. The van der Waals surface area contributed by atoms with E-state index in [1.807, 2.05) is 6.07 Å². The van der Waals surface area contributed by atoms with Crippen molar-refractivity contribution in [2.75, 3.05) is 5.32 Å². The van der Waals surface area contributed by atoms with E-state index in [9.17, 15) is 13.2 Å². The molecule has 0 unspecified atom stereocenters. The molecule has 4 nitrogen and oxygen atoms in total. The number of anilines is 1. The fourth-order valence-electron chi connectivity index (χ4n) is 2.96. The van der Waals surface area contributed by atoms with Gasteiger partial charge in [-0.1, -0.05) is 25.0 Å². The van der Waals surface area contributed by atoms with Crippen molar-refractivity contribution in [3.8, 4) is 0 Å². The molecule has 0 spiro atoms. The Labute approximate surface area is 150 Å². The highest BCUT2D eigenvalue weighted by atomic mass is 79.9. The maximum Gasteiger partial charge on any atom is 0.256 e. The van der Waals surface area contributed by atoms with Crippen molar-refractivity contribution >= 4 is 37.4 Å². The monoisotopic (exact) mass is 407 g/mol. The lowest BCUT2D eigenvalue weighted by molar-refractivity contribution is 0.102. The molecule has 1 amide bonds. The molecule has 0 aromatic heterocycles. The molecule has 0 bridgehead atoms. The maximum atomic E-state index is 12.5. The van der Waals surface area contributed by atoms with Crippen LogP contribution in [-0.2, 0) is 9.84 Å². The molecule has 1 saturated carbocycles. The third-order valence-corrected chi connectivity index (χ3v) is 7.27. The number of carbonyl (C=O) groups excluding carboxylic acids is 1. The van der Waals surface area contributed by atoms with Gasteiger partial charge in [-0.3, -0.25) is 4.79 Å². The van der Waals surface area contributed by atoms with Gasteiger partial charge in [0.05, 0.1) is 15.7 Å². The number of sulfone groups is 1. The average Bonchev–Trinajstić information content (AvgIpc) is 3.11. The molecule has 2 aromatic rings. The van der Waals surface area contributed by atoms with Gasteiger partial charge < -0.3 is 5.32 Å². The second-order valence-corrected chi connectivity index (χ2v) is 8.99. The molecule has 126 valence electrons. The summed E-state index contributed by atoms with van der Waals surface area (Å²) < 4.78 is 25.8. The van der Waals surface area contributed by atoms with Gasteiger partial charge in [-0.15, -0.1) is 0 Å². The van der Waals surface area contributed by atoms with Gasteiger partial charge in [-0.25, -0.2) is 8.42 Å². The smallest absolute Gasteiger partial charge is 0.256 e. The first-order valence-corrected chi connectivity index (χ1v) is 10.2. The Kier molecular flexibility index (Phi) is 5.06. The summed E-state index contributed by atoms with van der Waals surface area (Å²) in [5.41, 5.74) is 1.10. The molecular weight excluding hydrogens is 390 g/mol. The highest BCUT2D eigenvalue weighted by Gasteiger charge is 2.30. The normalized spacial score (nSPS) is 15.4. The number of hydrogen-bond donors (Lipinski definition) is 1. The van der Waals surface area contributed by atoms with Gasteiger partial charge in [-0.2, -0.15) is 0 Å². The minimum atomic E-state index is -3.26. The summed E-state index contributed by atoms with van der Waals surface area (Å²) in [6.07, 6.45) is 3.43. The first-order valence-electron chi connectivity index (χ1n) is 7.88. The summed E-state index contributed by atoms with van der Waals surface area (Å²) in [5.74, 6) is -0.242. The summed E-state index contributed by atoms with van der Waals surface area (Å²) >= 11 is 3.35. The predicted molar refractivity (Wildman–Crippen MR) is 98.0 cm³/mol. The van der Waals surface area contributed by atoms with Gasteiger partial charge in [0.25, 0.3) is 5.91 Å². The van der Waals surface area contributed by atoms with E-state index in [1.165, 1.54) is 0 Å². The van der Waals surface area contributed by atoms with Crippen LogP contribution < -0.4 is 5.32 Å². The molecule has 2 aromatic carbocycles. The zero-order valence-electron chi connectivity index (χ0n) is 13.0. The number of amides is 1. The van der Waals surface area contributed by atoms with Crippen LogP contribution in [0.3, 0.4) is 0 Å². The van der Waals surface area contributed by atoms with Crippen LogP contribution in [0.5, 0.6) is 0 Å². The maximum absolute atomic E-state index is 12.5. The van der Waals surface area contributed by atoms with Crippen LogP contribution in [0.2, 0.25) is 0 Å². The van der Waals surface area contributed by atoms with Crippen molar-refractivity contribution in [2.24, 2.45) is 0 Å². The molecular formula is C18H18BrNO3S. The van der Waals surface area contributed by atoms with Crippen LogP contribution in [0.1, 0.15) is 36.0 Å². The van der Waals surface area contributed by atoms with Crippen LogP contribution in [0.15, 0.2) is 57.9 Å². The van der Waals surface area contributed by atoms with E-state index in [2.05, 4.69) is 21.2 Å². The van der Waals surface area contributed by atoms with E-state index in [0.29, 0.717) is 20.6 Å². The van der Waals surface area contributed by atoms with Crippen LogP contribution >= 0.6 is 15.9 Å². The SMILES string of the molecule is O=C(Nc1ccc(S(=O)(=O)C2CCCC2)cc1)c1ccccc1Br. The van der Waals surface area contributed by atoms with Gasteiger partial charge >= 0.3 is 0 Å². The lowest BCUT2D eigenvalue weighted by atomic mass is 10.2. The summed E-state index contributed by atoms with van der Waals surface area (Å²) in [6, 6.07) is 13.6. The molecule has 0 aliphatic heterocycles. The number of nitrogens with one attached hydrogen (secondary N) is 1. The van der Waals surface area contributed by atoms with E-state index < -0.39 is 9.84 Å². The van der Waals surface area contributed by atoms with E-state index >= 15 is 0 Å². The standard InChI is InChI=1S/C18H18BrNO3S/c19-17-8-4-3-7-16(17)18(21)20-13-9-11-15(12-10-13)24(22,23)14-5-1-2-6-14/h3-4,7-12,14H,1-2,5-6H2,(H,20,21). The summed E-state index contributed by atoms with van der Waals surface area (Å²) in [7, 11) is -3.26. The van der Waals surface area contributed by atoms with Gasteiger partial charge in [0, 0.05) is 10.2 Å². The summed E-state index contributed by atoms with van der Waals surface area (Å²) in [4.78, 5) is 12.6. The lowest BCUT2D eigenvalue weighted by Gasteiger charge is -2.12. The van der Waals surface area contributed by atoms with Gasteiger partial charge in [-0.05, 0) is 65.2 Å². The number of halogens is 1. The Morgan fingerprint density at radius 1 is 1.00 bits per heavy atom. The Morgan fingerprint density at radius 3 is 2.25 bits per heavy atom. The van der Waals surface area contributed by atoms with Crippen molar-refractivity contribution in [1.82, 2.24) is 0 Å². The Bertz CT molecular complexity index is 841. The third kappa shape index (κ3) is 3.54. The third-order valence-electron chi connectivity index (χ3n) is 4.30. The average molecular weight is 408 g/mol. The van der Waals surface area contributed by atoms with Gasteiger partial charge in [0.15, 0.2) is 9.84 Å². The van der Waals surface area contributed by atoms with Crippen LogP contribution in [0.4, 0.5) is 5.69 Å². The second-order valence-electron chi connectivity index (χ2n) is 5.91. The highest BCUT2D eigenvalue weighted by Crippen LogP contribution is 2.30. The Morgan fingerprint density at radius 2 is 1.62 bits per heavy atom. The molecule has 24 heavy (non-hydrogen) atoms. The van der Waals surface area contributed by atoms with E-state index in [1.54, 1.807) is 42.5 Å². The zero-order chi connectivity index (χ0) is 17.2. The first-order chi connectivity index (χ1) is 11.5. The number of hydrogen-bond acceptors (Lipinski definition) is 3. The molecule has 1 fully saturated rings. The molecule has 1 aliphatic carbocycles. The van der Waals surface area contributed by atoms with Crippen molar-refractivity contribution in [1.29, 1.82) is 0 Å². The van der Waals surface area contributed by atoms with Gasteiger partial charge in [0.1, 0.15) is 0 Å². The fraction of sp³-hybridized carbons (Fsp3) is 0.278. The minimum Gasteiger partial charge on any atom is -0.322 e. The van der Waals surface area contributed by atoms with Crippen molar-refractivity contribution in [2.45, 2.75) is 35.8 Å². The van der Waals surface area contributed by atoms with Crippen molar-refractivity contribution in [3.05, 3.63) is 58.6 Å². The van der Waals surface area contributed by atoms with Crippen molar-refractivity contribution in [3.63, 3.8) is 0 Å². The van der Waals surface area contributed by atoms with E-state index in [4.69, 9.17) is 0 Å². The molecule has 1 N–H and O–H groups in total. The first kappa shape index (κ1) is 17.2. The highest BCUT2D eigenvalue weighted by molar-refractivity contribution is 9.10. The molecule has 0 saturated heterocycles. The predicted octanol–water partition coefficient (Wildman–Crippen LogP) is 4.42. The fourth-order valence-corrected chi connectivity index (χ4v) is 5.28. The van der Waals surface area contributed by atoms with Gasteiger partial charge in [0.2, 0.25) is 0 Å². The second kappa shape index (κ2) is 7.07. The van der Waals surface area contributed by atoms with Crippen LogP contribution in [0.25, 0.3) is 0 Å². The van der Waals surface area contributed by atoms with E-state index in [0.717, 1.165) is 25.7 Å². The number of benzene rings is 2. The molecule has 6 heteroatoms. The topological polar surface area (TPSA) is 63.2 Å². The molecule has 0 radical (unpaired) electrons. The Balaban J connectivity index is 1.75. The largest absolute Gasteiger partial charge is 0.322 e. The summed E-state index contributed by atoms with van der Waals surface area (Å²) in [6.45, 7) is 0. The zero-order valence-corrected chi connectivity index (χ0v) is 15.4. The number of rotatable bonds is 4. The van der Waals surface area contributed by atoms with Crippen LogP contribution in [-0.4, -0.2) is 19.6 Å².